The van der Waals surface area contributed by atoms with Gasteiger partial charge < -0.3 is 46.7 Å². The molecule has 2 aromatic rings. The van der Waals surface area contributed by atoms with Crippen LogP contribution >= 0.6 is 34.7 Å². The quantitative estimate of drug-likeness (QED) is 0.0596. The Balaban J connectivity index is 1.13. The lowest BCUT2D eigenvalue weighted by molar-refractivity contribution is -0.156. The highest BCUT2D eigenvalue weighted by Gasteiger charge is 2.55. The van der Waals surface area contributed by atoms with E-state index >= 15 is 0 Å². The topological polar surface area (TPSA) is 295 Å². The Labute approximate surface area is 312 Å². The molecule has 1 aromatic heterocycles. The van der Waals surface area contributed by atoms with E-state index in [4.69, 9.17) is 27.3 Å². The smallest absolute Gasteiger partial charge is 0.352 e. The monoisotopic (exact) mass is 793 g/mol. The zero-order chi connectivity index (χ0) is 38.3. The SMILES string of the molecule is Nc1nc(/C(=N/O[C@@H](CC(=O)O)C(=O)O)C(=O)N[C@@H]2C(=O)N3C(C(=O)O)=C(CN4[C@@H]5CC[C@H]4CC(NC(=O)c4ccc(O)c(O)c4Cl)C5)CS[C@H]23)cs1. The van der Waals surface area contributed by atoms with Crippen molar-refractivity contribution in [2.45, 2.75) is 67.7 Å². The molecule has 3 saturated heterocycles. The number of carbonyl (C=O) groups excluding carboxylic acids is 3. The number of fused-ring (bicyclic) bond motifs is 3. The second-order valence-corrected chi connectivity index (χ2v) is 15.0. The lowest BCUT2D eigenvalue weighted by Gasteiger charge is -2.50. The van der Waals surface area contributed by atoms with E-state index in [2.05, 4.69) is 25.7 Å². The van der Waals surface area contributed by atoms with Crippen molar-refractivity contribution in [2.24, 2.45) is 5.16 Å². The molecule has 3 fully saturated rings. The number of rotatable bonds is 13. The van der Waals surface area contributed by atoms with E-state index in [0.717, 1.165) is 29.1 Å². The number of thioether (sulfide) groups is 1. The molecule has 0 saturated carbocycles. The van der Waals surface area contributed by atoms with Crippen LogP contribution in [0.2, 0.25) is 5.02 Å². The van der Waals surface area contributed by atoms with Crippen molar-refractivity contribution in [2.75, 3.05) is 18.0 Å². The van der Waals surface area contributed by atoms with Gasteiger partial charge in [-0.05, 0) is 43.4 Å². The van der Waals surface area contributed by atoms with Gasteiger partial charge in [0.05, 0.1) is 17.0 Å². The number of carbonyl (C=O) groups is 6. The van der Waals surface area contributed by atoms with Crippen LogP contribution in [0.15, 0.2) is 33.9 Å². The summed E-state index contributed by atoms with van der Waals surface area (Å²) in [4.78, 5) is 87.1. The molecule has 4 aliphatic heterocycles. The van der Waals surface area contributed by atoms with E-state index in [0.29, 0.717) is 18.4 Å². The highest BCUT2D eigenvalue weighted by atomic mass is 35.5. The van der Waals surface area contributed by atoms with Crippen LogP contribution < -0.4 is 16.4 Å². The number of hydrogen-bond acceptors (Lipinski definition) is 15. The van der Waals surface area contributed by atoms with Gasteiger partial charge in [-0.1, -0.05) is 16.8 Å². The summed E-state index contributed by atoms with van der Waals surface area (Å²) in [5.74, 6) is -7.50. The van der Waals surface area contributed by atoms with Gasteiger partial charge in [-0.15, -0.1) is 23.1 Å². The van der Waals surface area contributed by atoms with E-state index in [-0.39, 0.29) is 57.5 Å². The molecule has 282 valence electrons. The summed E-state index contributed by atoms with van der Waals surface area (Å²) in [6.07, 6.45) is -0.166. The molecule has 0 aliphatic carbocycles. The average molecular weight is 794 g/mol. The number of nitrogens with one attached hydrogen (secondary N) is 2. The summed E-state index contributed by atoms with van der Waals surface area (Å²) in [5.41, 5.74) is 5.32. The number of aromatic hydroxyl groups is 2. The van der Waals surface area contributed by atoms with Crippen molar-refractivity contribution in [3.63, 3.8) is 0 Å². The summed E-state index contributed by atoms with van der Waals surface area (Å²) < 4.78 is 0. The van der Waals surface area contributed by atoms with Gasteiger partial charge in [0.15, 0.2) is 22.3 Å². The van der Waals surface area contributed by atoms with E-state index in [1.54, 1.807) is 0 Å². The fourth-order valence-corrected chi connectivity index (χ4v) is 9.05. The van der Waals surface area contributed by atoms with Gasteiger partial charge >= 0.3 is 17.9 Å². The van der Waals surface area contributed by atoms with Gasteiger partial charge in [0.1, 0.15) is 22.8 Å². The highest BCUT2D eigenvalue weighted by Crippen LogP contribution is 2.43. The first-order chi connectivity index (χ1) is 25.1. The molecule has 3 amide bonds. The zero-order valence-electron chi connectivity index (χ0n) is 27.3. The normalized spacial score (nSPS) is 24.5. The molecular weight excluding hydrogens is 762 g/mol. The molecule has 0 radical (unpaired) electrons. The molecule has 6 atom stereocenters. The third kappa shape index (κ3) is 7.54. The van der Waals surface area contributed by atoms with Crippen molar-refractivity contribution in [3.8, 4) is 11.5 Å². The number of thiazole rings is 1. The largest absolute Gasteiger partial charge is 0.504 e. The number of nitrogens with two attached hydrogens (primary N) is 1. The summed E-state index contributed by atoms with van der Waals surface area (Å²) >= 11 is 8.25. The van der Waals surface area contributed by atoms with Gasteiger partial charge in [-0.25, -0.2) is 14.6 Å². The minimum Gasteiger partial charge on any atom is -0.504 e. The Bertz CT molecular complexity index is 1940. The number of carboxylic acids is 3. The number of nitrogens with zero attached hydrogens (tertiary/aromatic N) is 4. The Morgan fingerprint density at radius 2 is 1.79 bits per heavy atom. The molecule has 6 rings (SSSR count). The molecule has 5 heterocycles. The number of amides is 3. The lowest BCUT2D eigenvalue weighted by Crippen LogP contribution is -2.71. The number of phenolic OH excluding ortho intramolecular Hbond substituents is 2. The van der Waals surface area contributed by atoms with Crippen LogP contribution in [0.25, 0.3) is 0 Å². The number of aromatic nitrogens is 1. The maximum atomic E-state index is 13.5. The van der Waals surface area contributed by atoms with Crippen molar-refractivity contribution < 1.29 is 59.1 Å². The number of aliphatic carboxylic acids is 3. The highest BCUT2D eigenvalue weighted by molar-refractivity contribution is 8.00. The zero-order valence-corrected chi connectivity index (χ0v) is 29.7. The predicted octanol–water partition coefficient (Wildman–Crippen LogP) is 0.603. The maximum absolute atomic E-state index is 13.5. The number of phenols is 2. The fraction of sp³-hybridized carbons (Fsp3) is 0.419. The molecule has 22 heteroatoms. The maximum Gasteiger partial charge on any atom is 0.352 e. The number of carboxylic acid groups (broad SMARTS) is 3. The van der Waals surface area contributed by atoms with Crippen molar-refractivity contribution in [1.29, 1.82) is 0 Å². The molecule has 19 nitrogen and oxygen atoms in total. The van der Waals surface area contributed by atoms with Crippen LogP contribution in [0.4, 0.5) is 5.13 Å². The first-order valence-corrected chi connectivity index (χ1v) is 18.3. The molecular formula is C31H32ClN7O12S2. The molecule has 4 aliphatic rings. The lowest BCUT2D eigenvalue weighted by atomic mass is 9.95. The molecule has 53 heavy (non-hydrogen) atoms. The number of hydrogen-bond donors (Lipinski definition) is 8. The van der Waals surface area contributed by atoms with Gasteiger partial charge in [-0.3, -0.25) is 29.0 Å². The Hall–Kier alpha value is -5.12. The standard InChI is InChI=1S/C31H32ClN7O12S2/c32-20-15(3-4-17(40)24(20)43)25(44)34-12-5-13-1-2-14(6-12)38(13)8-11-9-52-28-22(27(46)39(28)23(11)30(49)50)36-26(45)21(16-10-53-31(33)35-16)37-51-18(29(47)48)7-19(41)42/h3-4,10,12-14,18,22,28,40,43H,1-2,5-9H2,(H2,33,35)(H,34,44)(H,36,45)(H,41,42)(H,47,48)(H,49,50)/b37-21-/t12?,13-,14+,18-,22+,28+/m0/s1. The number of benzene rings is 1. The Morgan fingerprint density at radius 1 is 1.09 bits per heavy atom. The summed E-state index contributed by atoms with van der Waals surface area (Å²) in [7, 11) is 0. The minimum absolute atomic E-state index is 0.00282. The number of piperidine rings is 1. The second kappa shape index (κ2) is 15.1. The fourth-order valence-electron chi connectivity index (χ4n) is 6.92. The molecule has 2 bridgehead atoms. The average Bonchev–Trinajstić information content (AvgIpc) is 3.62. The summed E-state index contributed by atoms with van der Waals surface area (Å²) in [5, 5.41) is 57.5. The van der Waals surface area contributed by atoms with Crippen LogP contribution in [0.3, 0.4) is 0 Å². The van der Waals surface area contributed by atoms with Crippen LogP contribution in [0.5, 0.6) is 11.5 Å². The number of β-lactam (4-membered cyclic amide) rings is 1. The predicted molar refractivity (Wildman–Crippen MR) is 186 cm³/mol. The van der Waals surface area contributed by atoms with Crippen LogP contribution in [-0.4, -0.2) is 130 Å². The third-order valence-electron chi connectivity index (χ3n) is 9.36. The second-order valence-electron chi connectivity index (χ2n) is 12.7. The molecule has 0 spiro atoms. The number of halogens is 1. The first-order valence-electron chi connectivity index (χ1n) is 16.0. The Kier molecular flexibility index (Phi) is 10.7. The Morgan fingerprint density at radius 3 is 2.40 bits per heavy atom. The van der Waals surface area contributed by atoms with Crippen molar-refractivity contribution >= 4 is 81.2 Å². The first kappa shape index (κ1) is 37.6. The van der Waals surface area contributed by atoms with Gasteiger partial charge in [0, 0.05) is 35.8 Å². The molecule has 1 aromatic carbocycles. The van der Waals surface area contributed by atoms with Gasteiger partial charge in [-0.2, -0.15) is 0 Å². The third-order valence-corrected chi connectivity index (χ3v) is 11.8. The van der Waals surface area contributed by atoms with Crippen LogP contribution in [0.1, 0.15) is 48.2 Å². The van der Waals surface area contributed by atoms with E-state index < -0.39 is 76.8 Å². The molecule has 9 N–H and O–H groups in total. The van der Waals surface area contributed by atoms with Crippen LogP contribution in [-0.2, 0) is 28.8 Å². The van der Waals surface area contributed by atoms with E-state index in [1.807, 2.05) is 0 Å². The number of anilines is 1. The van der Waals surface area contributed by atoms with E-state index in [9.17, 15) is 49.2 Å². The van der Waals surface area contributed by atoms with Gasteiger partial charge in [0.2, 0.25) is 6.10 Å². The molecule has 1 unspecified atom stereocenters. The van der Waals surface area contributed by atoms with Gasteiger partial charge in [0.25, 0.3) is 17.7 Å². The van der Waals surface area contributed by atoms with E-state index in [1.165, 1.54) is 29.3 Å². The minimum atomic E-state index is -1.94. The number of nitrogen functional groups attached to an aromatic ring is 1. The van der Waals surface area contributed by atoms with Crippen molar-refractivity contribution in [3.05, 3.63) is 45.1 Å². The van der Waals surface area contributed by atoms with Crippen LogP contribution in [0, 0.1) is 0 Å². The summed E-state index contributed by atoms with van der Waals surface area (Å²) in [6, 6.07) is 1.07. The summed E-state index contributed by atoms with van der Waals surface area (Å²) in [6.45, 7) is 0.260. The number of oxime groups is 1. The van der Waals surface area contributed by atoms with Crippen molar-refractivity contribution in [1.82, 2.24) is 25.4 Å².